The average molecular weight is 262 g/mol. The van der Waals surface area contributed by atoms with Gasteiger partial charge in [-0.15, -0.1) is 0 Å². The van der Waals surface area contributed by atoms with Crippen LogP contribution in [0.3, 0.4) is 0 Å². The quantitative estimate of drug-likeness (QED) is 0.801. The first-order chi connectivity index (χ1) is 9.28. The molecule has 0 aromatic heterocycles. The van der Waals surface area contributed by atoms with Gasteiger partial charge in [0.2, 0.25) is 0 Å². The number of likely N-dealkylation sites (tertiary alicyclic amines) is 1. The summed E-state index contributed by atoms with van der Waals surface area (Å²) in [5.74, 6) is 0. The molecule has 2 rings (SSSR count). The predicted molar refractivity (Wildman–Crippen MR) is 80.3 cm³/mol. The Labute approximate surface area is 116 Å². The van der Waals surface area contributed by atoms with E-state index in [0.717, 1.165) is 25.3 Å². The largest absolute Gasteiger partial charge is 0.399 e. The van der Waals surface area contributed by atoms with Gasteiger partial charge in [0.1, 0.15) is 0 Å². The number of nitrogens with two attached hydrogens (primary N) is 1. The third-order valence-electron chi connectivity index (χ3n) is 3.78. The van der Waals surface area contributed by atoms with Gasteiger partial charge in [-0.1, -0.05) is 12.1 Å². The number of hydrogen-bond acceptors (Lipinski definition) is 3. The van der Waals surface area contributed by atoms with Gasteiger partial charge in [0.15, 0.2) is 0 Å². The zero-order chi connectivity index (χ0) is 13.5. The molecule has 3 heteroatoms. The zero-order valence-electron chi connectivity index (χ0n) is 12.0. The number of rotatable bonds is 6. The molecule has 106 valence electrons. The highest BCUT2D eigenvalue weighted by molar-refractivity contribution is 5.39. The molecular formula is C16H26N2O. The molecule has 0 radical (unpaired) electrons. The van der Waals surface area contributed by atoms with Crippen LogP contribution in [-0.4, -0.2) is 37.2 Å². The fraction of sp³-hybridized carbons (Fsp3) is 0.625. The van der Waals surface area contributed by atoms with E-state index in [0.29, 0.717) is 6.10 Å². The summed E-state index contributed by atoms with van der Waals surface area (Å²) < 4.78 is 5.74. The average Bonchev–Trinajstić information content (AvgIpc) is 2.42. The SMILES string of the molecule is CCOC1CCCN(CCCc2ccc(N)cc2)C1. The summed E-state index contributed by atoms with van der Waals surface area (Å²) in [4.78, 5) is 2.54. The van der Waals surface area contributed by atoms with Gasteiger partial charge in [-0.3, -0.25) is 0 Å². The lowest BCUT2D eigenvalue weighted by Crippen LogP contribution is -2.40. The second kappa shape index (κ2) is 7.51. The molecule has 1 aromatic carbocycles. The van der Waals surface area contributed by atoms with Crippen LogP contribution in [0, 0.1) is 0 Å². The number of hydrogen-bond donors (Lipinski definition) is 1. The summed E-state index contributed by atoms with van der Waals surface area (Å²) in [6.45, 7) is 6.43. The Hall–Kier alpha value is -1.06. The Morgan fingerprint density at radius 3 is 2.84 bits per heavy atom. The van der Waals surface area contributed by atoms with Gasteiger partial charge in [0.25, 0.3) is 0 Å². The molecule has 0 amide bonds. The second-order valence-electron chi connectivity index (χ2n) is 5.37. The minimum absolute atomic E-state index is 0.454. The lowest BCUT2D eigenvalue weighted by atomic mass is 10.1. The van der Waals surface area contributed by atoms with Crippen molar-refractivity contribution in [3.63, 3.8) is 0 Å². The maximum atomic E-state index is 5.74. The van der Waals surface area contributed by atoms with Crippen LogP contribution in [0.4, 0.5) is 5.69 Å². The molecule has 3 nitrogen and oxygen atoms in total. The van der Waals surface area contributed by atoms with E-state index in [-0.39, 0.29) is 0 Å². The minimum Gasteiger partial charge on any atom is -0.399 e. The van der Waals surface area contributed by atoms with Gasteiger partial charge in [-0.25, -0.2) is 0 Å². The molecule has 2 N–H and O–H groups in total. The highest BCUT2D eigenvalue weighted by atomic mass is 16.5. The van der Waals surface area contributed by atoms with Crippen LogP contribution < -0.4 is 5.73 Å². The van der Waals surface area contributed by atoms with Crippen LogP contribution >= 0.6 is 0 Å². The van der Waals surface area contributed by atoms with Crippen molar-refractivity contribution in [2.24, 2.45) is 0 Å². The van der Waals surface area contributed by atoms with Crippen LogP contribution in [0.1, 0.15) is 31.7 Å². The third-order valence-corrected chi connectivity index (χ3v) is 3.78. The summed E-state index contributed by atoms with van der Waals surface area (Å²) in [6.07, 6.45) is 5.29. The van der Waals surface area contributed by atoms with E-state index >= 15 is 0 Å². The molecule has 1 heterocycles. The zero-order valence-corrected chi connectivity index (χ0v) is 12.0. The van der Waals surface area contributed by atoms with Crippen molar-refractivity contribution in [2.45, 2.75) is 38.7 Å². The normalized spacial score (nSPS) is 20.6. The van der Waals surface area contributed by atoms with Crippen molar-refractivity contribution in [3.8, 4) is 0 Å². The lowest BCUT2D eigenvalue weighted by Gasteiger charge is -2.32. The number of aryl methyl sites for hydroxylation is 1. The number of ether oxygens (including phenoxy) is 1. The fourth-order valence-corrected chi connectivity index (χ4v) is 2.78. The molecular weight excluding hydrogens is 236 g/mol. The first-order valence-electron chi connectivity index (χ1n) is 7.46. The van der Waals surface area contributed by atoms with Crippen molar-refractivity contribution >= 4 is 5.69 Å². The van der Waals surface area contributed by atoms with Crippen LogP contribution in [-0.2, 0) is 11.2 Å². The Morgan fingerprint density at radius 1 is 1.32 bits per heavy atom. The van der Waals surface area contributed by atoms with Gasteiger partial charge in [0, 0.05) is 18.8 Å². The van der Waals surface area contributed by atoms with Gasteiger partial charge in [0.05, 0.1) is 6.10 Å². The number of nitrogens with zero attached hydrogens (tertiary/aromatic N) is 1. The number of benzene rings is 1. The smallest absolute Gasteiger partial charge is 0.0702 e. The van der Waals surface area contributed by atoms with Gasteiger partial charge in [-0.2, -0.15) is 0 Å². The molecule has 0 bridgehead atoms. The monoisotopic (exact) mass is 262 g/mol. The van der Waals surface area contributed by atoms with Crippen molar-refractivity contribution in [1.29, 1.82) is 0 Å². The molecule has 0 saturated carbocycles. The number of nitrogen functional groups attached to an aromatic ring is 1. The standard InChI is InChI=1S/C16H26N2O/c1-2-19-16-6-4-12-18(13-16)11-3-5-14-7-9-15(17)10-8-14/h7-10,16H,2-6,11-13,17H2,1H3. The van der Waals surface area contributed by atoms with Gasteiger partial charge in [-0.05, 0) is 63.4 Å². The van der Waals surface area contributed by atoms with E-state index in [1.54, 1.807) is 0 Å². The Morgan fingerprint density at radius 2 is 2.11 bits per heavy atom. The molecule has 1 aliphatic rings. The molecule has 19 heavy (non-hydrogen) atoms. The van der Waals surface area contributed by atoms with Crippen molar-refractivity contribution in [2.75, 3.05) is 32.0 Å². The van der Waals surface area contributed by atoms with Crippen molar-refractivity contribution < 1.29 is 4.74 Å². The molecule has 1 fully saturated rings. The molecule has 1 unspecified atom stereocenters. The number of anilines is 1. The molecule has 0 spiro atoms. The topological polar surface area (TPSA) is 38.5 Å². The van der Waals surface area contributed by atoms with E-state index in [2.05, 4.69) is 24.0 Å². The van der Waals surface area contributed by atoms with Crippen LogP contribution in [0.2, 0.25) is 0 Å². The maximum Gasteiger partial charge on any atom is 0.0702 e. The van der Waals surface area contributed by atoms with Crippen molar-refractivity contribution in [1.82, 2.24) is 4.90 Å². The predicted octanol–water partition coefficient (Wildman–Crippen LogP) is 2.70. The fourth-order valence-electron chi connectivity index (χ4n) is 2.78. The number of piperidine rings is 1. The van der Waals surface area contributed by atoms with E-state index in [1.165, 1.54) is 37.9 Å². The lowest BCUT2D eigenvalue weighted by molar-refractivity contribution is 0.00577. The molecule has 1 aromatic rings. The van der Waals surface area contributed by atoms with E-state index in [4.69, 9.17) is 10.5 Å². The third kappa shape index (κ3) is 4.84. The summed E-state index contributed by atoms with van der Waals surface area (Å²) in [7, 11) is 0. The summed E-state index contributed by atoms with van der Waals surface area (Å²) in [5, 5.41) is 0. The molecule has 0 aliphatic carbocycles. The Kier molecular flexibility index (Phi) is 5.67. The minimum atomic E-state index is 0.454. The summed E-state index contributed by atoms with van der Waals surface area (Å²) >= 11 is 0. The maximum absolute atomic E-state index is 5.74. The van der Waals surface area contributed by atoms with Crippen molar-refractivity contribution in [3.05, 3.63) is 29.8 Å². The Bertz CT molecular complexity index is 362. The van der Waals surface area contributed by atoms with E-state index < -0.39 is 0 Å². The van der Waals surface area contributed by atoms with Crippen LogP contribution in [0.5, 0.6) is 0 Å². The van der Waals surface area contributed by atoms with Crippen LogP contribution in [0.15, 0.2) is 24.3 Å². The first kappa shape index (κ1) is 14.4. The Balaban J connectivity index is 1.69. The highest BCUT2D eigenvalue weighted by Crippen LogP contribution is 2.14. The molecule has 1 saturated heterocycles. The first-order valence-corrected chi connectivity index (χ1v) is 7.46. The van der Waals surface area contributed by atoms with E-state index in [9.17, 15) is 0 Å². The molecule has 1 aliphatic heterocycles. The summed E-state index contributed by atoms with van der Waals surface area (Å²) in [5.41, 5.74) is 7.92. The van der Waals surface area contributed by atoms with Crippen LogP contribution in [0.25, 0.3) is 0 Å². The van der Waals surface area contributed by atoms with E-state index in [1.807, 2.05) is 12.1 Å². The van der Waals surface area contributed by atoms with Gasteiger partial charge >= 0.3 is 0 Å². The summed E-state index contributed by atoms with van der Waals surface area (Å²) in [6, 6.07) is 8.24. The molecule has 1 atom stereocenters. The highest BCUT2D eigenvalue weighted by Gasteiger charge is 2.19. The van der Waals surface area contributed by atoms with Gasteiger partial charge < -0.3 is 15.4 Å². The second-order valence-corrected chi connectivity index (χ2v) is 5.37.